The molecule has 2 heteroatoms. The largest absolute Gasteiger partial charge is 0.297 e. The van der Waals surface area contributed by atoms with Crippen LogP contribution in [-0.2, 0) is 0 Å². The minimum atomic E-state index is 0.717. The van der Waals surface area contributed by atoms with Crippen molar-refractivity contribution < 1.29 is 0 Å². The molecule has 0 aromatic heterocycles. The van der Waals surface area contributed by atoms with Crippen LogP contribution in [0.5, 0.6) is 0 Å². The lowest BCUT2D eigenvalue weighted by molar-refractivity contribution is 0.0920. The number of rotatable bonds is 5. The molecule has 72 valence electrons. The summed E-state index contributed by atoms with van der Waals surface area (Å²) in [7, 11) is 0. The molecule has 1 nitrogen and oxygen atoms in total. The summed E-state index contributed by atoms with van der Waals surface area (Å²) < 4.78 is 0. The quantitative estimate of drug-likeness (QED) is 0.602. The Kier molecular flexibility index (Phi) is 4.38. The summed E-state index contributed by atoms with van der Waals surface area (Å²) >= 11 is 5.78. The van der Waals surface area contributed by atoms with Gasteiger partial charge in [0, 0.05) is 24.5 Å². The number of alkyl halides is 1. The van der Waals surface area contributed by atoms with Gasteiger partial charge >= 0.3 is 0 Å². The molecule has 1 rings (SSSR count). The standard InChI is InChI=1S/C10H20ClN/c1-3-9(2)12(8-7-11)10-5-4-6-10/h9-10H,3-8H2,1-2H3. The first kappa shape index (κ1) is 10.3. The van der Waals surface area contributed by atoms with E-state index in [9.17, 15) is 0 Å². The molecule has 1 unspecified atom stereocenters. The van der Waals surface area contributed by atoms with Gasteiger partial charge in [0.15, 0.2) is 0 Å². The third kappa shape index (κ3) is 2.37. The third-order valence-corrected chi connectivity index (χ3v) is 3.21. The molecular weight excluding hydrogens is 170 g/mol. The highest BCUT2D eigenvalue weighted by Gasteiger charge is 2.26. The zero-order chi connectivity index (χ0) is 8.97. The van der Waals surface area contributed by atoms with Crippen LogP contribution in [0.2, 0.25) is 0 Å². The molecule has 1 saturated carbocycles. The normalized spacial score (nSPS) is 21.0. The van der Waals surface area contributed by atoms with E-state index in [-0.39, 0.29) is 0 Å². The topological polar surface area (TPSA) is 3.24 Å². The van der Waals surface area contributed by atoms with Crippen molar-refractivity contribution >= 4 is 11.6 Å². The van der Waals surface area contributed by atoms with E-state index in [1.165, 1.54) is 25.7 Å². The molecule has 0 spiro atoms. The predicted molar refractivity (Wildman–Crippen MR) is 54.8 cm³/mol. The lowest BCUT2D eigenvalue weighted by atomic mass is 9.90. The molecule has 0 aliphatic heterocycles. The van der Waals surface area contributed by atoms with E-state index < -0.39 is 0 Å². The van der Waals surface area contributed by atoms with Crippen molar-refractivity contribution in [3.8, 4) is 0 Å². The molecule has 0 heterocycles. The summed E-state index contributed by atoms with van der Waals surface area (Å²) in [5, 5.41) is 0. The zero-order valence-electron chi connectivity index (χ0n) is 8.22. The third-order valence-electron chi connectivity index (χ3n) is 3.04. The Labute approximate surface area is 81.1 Å². The van der Waals surface area contributed by atoms with Crippen LogP contribution < -0.4 is 0 Å². The van der Waals surface area contributed by atoms with Crippen LogP contribution in [0.4, 0.5) is 0 Å². The molecule has 12 heavy (non-hydrogen) atoms. The average Bonchev–Trinajstić information content (AvgIpc) is 1.99. The monoisotopic (exact) mass is 189 g/mol. The van der Waals surface area contributed by atoms with E-state index in [2.05, 4.69) is 18.7 Å². The van der Waals surface area contributed by atoms with E-state index in [4.69, 9.17) is 11.6 Å². The number of hydrogen-bond acceptors (Lipinski definition) is 1. The van der Waals surface area contributed by atoms with Gasteiger partial charge in [0.1, 0.15) is 0 Å². The highest BCUT2D eigenvalue weighted by Crippen LogP contribution is 2.26. The van der Waals surface area contributed by atoms with E-state index in [1.807, 2.05) is 0 Å². The van der Waals surface area contributed by atoms with Crippen LogP contribution in [0.1, 0.15) is 39.5 Å². The van der Waals surface area contributed by atoms with Crippen LogP contribution >= 0.6 is 11.6 Å². The summed E-state index contributed by atoms with van der Waals surface area (Å²) in [5.74, 6) is 0.779. The minimum Gasteiger partial charge on any atom is -0.297 e. The van der Waals surface area contributed by atoms with Crippen molar-refractivity contribution in [3.05, 3.63) is 0 Å². The second-order valence-electron chi connectivity index (χ2n) is 3.77. The number of hydrogen-bond donors (Lipinski definition) is 0. The van der Waals surface area contributed by atoms with Gasteiger partial charge in [-0.2, -0.15) is 0 Å². The van der Waals surface area contributed by atoms with Crippen LogP contribution in [0.3, 0.4) is 0 Å². The Balaban J connectivity index is 2.35. The summed E-state index contributed by atoms with van der Waals surface area (Å²) in [6.07, 6.45) is 5.44. The Morgan fingerprint density at radius 3 is 2.50 bits per heavy atom. The second kappa shape index (κ2) is 5.08. The Bertz CT molecular complexity index is 118. The molecule has 0 N–H and O–H groups in total. The van der Waals surface area contributed by atoms with Crippen molar-refractivity contribution in [1.29, 1.82) is 0 Å². The van der Waals surface area contributed by atoms with Crippen LogP contribution in [-0.4, -0.2) is 29.4 Å². The van der Waals surface area contributed by atoms with Gasteiger partial charge < -0.3 is 0 Å². The van der Waals surface area contributed by atoms with Crippen molar-refractivity contribution in [2.45, 2.75) is 51.6 Å². The van der Waals surface area contributed by atoms with Crippen LogP contribution in [0.15, 0.2) is 0 Å². The molecule has 0 radical (unpaired) electrons. The first-order chi connectivity index (χ1) is 5.79. The van der Waals surface area contributed by atoms with E-state index in [0.29, 0.717) is 6.04 Å². The highest BCUT2D eigenvalue weighted by atomic mass is 35.5. The Morgan fingerprint density at radius 1 is 1.50 bits per heavy atom. The maximum atomic E-state index is 5.78. The minimum absolute atomic E-state index is 0.717. The van der Waals surface area contributed by atoms with Gasteiger partial charge in [0.25, 0.3) is 0 Å². The van der Waals surface area contributed by atoms with Gasteiger partial charge in [-0.3, -0.25) is 4.90 Å². The van der Waals surface area contributed by atoms with Gasteiger partial charge in [-0.05, 0) is 26.2 Å². The Morgan fingerprint density at radius 2 is 2.17 bits per heavy atom. The molecule has 0 aromatic carbocycles. The average molecular weight is 190 g/mol. The van der Waals surface area contributed by atoms with Gasteiger partial charge in [-0.15, -0.1) is 11.6 Å². The van der Waals surface area contributed by atoms with Gasteiger partial charge in [-0.1, -0.05) is 13.3 Å². The van der Waals surface area contributed by atoms with Gasteiger partial charge in [0.05, 0.1) is 0 Å². The summed E-state index contributed by atoms with van der Waals surface area (Å²) in [6.45, 7) is 5.64. The molecule has 1 fully saturated rings. The first-order valence-corrected chi connectivity index (χ1v) is 5.64. The summed E-state index contributed by atoms with van der Waals surface area (Å²) in [4.78, 5) is 2.58. The predicted octanol–water partition coefficient (Wildman–Crippen LogP) is 2.88. The SMILES string of the molecule is CCC(C)N(CCCl)C1CCC1. The van der Waals surface area contributed by atoms with Crippen molar-refractivity contribution in [1.82, 2.24) is 4.90 Å². The van der Waals surface area contributed by atoms with E-state index in [0.717, 1.165) is 18.5 Å². The molecular formula is C10H20ClN. The Hall–Kier alpha value is 0.250. The van der Waals surface area contributed by atoms with Gasteiger partial charge in [-0.25, -0.2) is 0 Å². The molecule has 1 aliphatic rings. The lowest BCUT2D eigenvalue weighted by Crippen LogP contribution is -2.46. The molecule has 0 amide bonds. The lowest BCUT2D eigenvalue weighted by Gasteiger charge is -2.40. The number of nitrogens with zero attached hydrogens (tertiary/aromatic N) is 1. The van der Waals surface area contributed by atoms with E-state index in [1.54, 1.807) is 0 Å². The number of halogens is 1. The maximum absolute atomic E-state index is 5.78. The fourth-order valence-electron chi connectivity index (χ4n) is 1.81. The fourth-order valence-corrected chi connectivity index (χ4v) is 2.01. The van der Waals surface area contributed by atoms with E-state index >= 15 is 0 Å². The molecule has 0 saturated heterocycles. The van der Waals surface area contributed by atoms with Crippen LogP contribution in [0.25, 0.3) is 0 Å². The van der Waals surface area contributed by atoms with Crippen molar-refractivity contribution in [3.63, 3.8) is 0 Å². The summed E-state index contributed by atoms with van der Waals surface area (Å²) in [5.41, 5.74) is 0. The molecule has 0 aromatic rings. The first-order valence-electron chi connectivity index (χ1n) is 5.11. The summed E-state index contributed by atoms with van der Waals surface area (Å²) in [6, 6.07) is 1.56. The van der Waals surface area contributed by atoms with Crippen molar-refractivity contribution in [2.24, 2.45) is 0 Å². The van der Waals surface area contributed by atoms with Crippen molar-refractivity contribution in [2.75, 3.05) is 12.4 Å². The zero-order valence-corrected chi connectivity index (χ0v) is 8.98. The molecule has 0 bridgehead atoms. The molecule has 1 atom stereocenters. The highest BCUT2D eigenvalue weighted by molar-refractivity contribution is 6.18. The van der Waals surface area contributed by atoms with Gasteiger partial charge in [0.2, 0.25) is 0 Å². The molecule has 1 aliphatic carbocycles. The fraction of sp³-hybridized carbons (Fsp3) is 1.00. The van der Waals surface area contributed by atoms with Crippen LogP contribution in [0, 0.1) is 0 Å². The second-order valence-corrected chi connectivity index (χ2v) is 4.15. The smallest absolute Gasteiger partial charge is 0.0351 e. The maximum Gasteiger partial charge on any atom is 0.0351 e.